The first-order valence-electron chi connectivity index (χ1n) is 11.5. The summed E-state index contributed by atoms with van der Waals surface area (Å²) in [5, 5.41) is 13.8. The second-order valence-corrected chi connectivity index (χ2v) is 8.59. The molecular formula is C26H33N3O4. The number of anilines is 1. The molecule has 7 nitrogen and oxygen atoms in total. The number of aryl methyl sites for hydroxylation is 1. The molecule has 0 unspecified atom stereocenters. The van der Waals surface area contributed by atoms with Gasteiger partial charge in [-0.05, 0) is 62.1 Å². The first kappa shape index (κ1) is 23.1. The van der Waals surface area contributed by atoms with Gasteiger partial charge in [-0.25, -0.2) is 4.79 Å². The Hall–Kier alpha value is -3.03. The van der Waals surface area contributed by atoms with Gasteiger partial charge in [0, 0.05) is 61.1 Å². The molecule has 0 spiro atoms. The molecule has 0 bridgehead atoms. The minimum atomic E-state index is -0.933. The summed E-state index contributed by atoms with van der Waals surface area (Å²) in [6.45, 7) is 6.42. The van der Waals surface area contributed by atoms with E-state index in [0.717, 1.165) is 53.9 Å². The minimum absolute atomic E-state index is 0.102. The lowest BCUT2D eigenvalue weighted by atomic mass is 9.91. The van der Waals surface area contributed by atoms with Crippen molar-refractivity contribution >= 4 is 22.6 Å². The van der Waals surface area contributed by atoms with Gasteiger partial charge in [-0.15, -0.1) is 0 Å². The maximum Gasteiger partial charge on any atom is 0.337 e. The van der Waals surface area contributed by atoms with Gasteiger partial charge in [0.2, 0.25) is 0 Å². The van der Waals surface area contributed by atoms with Crippen LogP contribution in [0.2, 0.25) is 0 Å². The van der Waals surface area contributed by atoms with E-state index < -0.39 is 5.97 Å². The van der Waals surface area contributed by atoms with Gasteiger partial charge in [0.05, 0.1) is 18.8 Å². The Morgan fingerprint density at radius 1 is 1.30 bits per heavy atom. The predicted octanol–water partition coefficient (Wildman–Crippen LogP) is 4.97. The van der Waals surface area contributed by atoms with Gasteiger partial charge in [0.1, 0.15) is 5.75 Å². The summed E-state index contributed by atoms with van der Waals surface area (Å²) in [6.07, 6.45) is 3.97. The number of fused-ring (bicyclic) bond motifs is 1. The van der Waals surface area contributed by atoms with Gasteiger partial charge in [-0.3, -0.25) is 4.90 Å². The van der Waals surface area contributed by atoms with E-state index in [1.54, 1.807) is 20.2 Å². The maximum atomic E-state index is 11.6. The summed E-state index contributed by atoms with van der Waals surface area (Å²) in [5.74, 6) is -0.0414. The van der Waals surface area contributed by atoms with E-state index in [1.807, 2.05) is 25.3 Å². The Morgan fingerprint density at radius 3 is 2.82 bits per heavy atom. The number of carbonyl (C=O) groups is 1. The van der Waals surface area contributed by atoms with Gasteiger partial charge in [-0.2, -0.15) is 0 Å². The molecule has 3 aromatic rings. The highest BCUT2D eigenvalue weighted by Gasteiger charge is 2.32. The Balaban J connectivity index is 1.73. The van der Waals surface area contributed by atoms with Crippen molar-refractivity contribution in [3.63, 3.8) is 0 Å². The van der Waals surface area contributed by atoms with Crippen LogP contribution in [0, 0.1) is 6.92 Å². The summed E-state index contributed by atoms with van der Waals surface area (Å²) in [4.78, 5) is 17.4. The van der Waals surface area contributed by atoms with Crippen molar-refractivity contribution in [1.82, 2.24) is 9.88 Å². The molecule has 4 rings (SSSR count). The number of hydrogen-bond donors (Lipinski definition) is 3. The maximum absolute atomic E-state index is 11.6. The zero-order valence-electron chi connectivity index (χ0n) is 19.8. The molecular weight excluding hydrogens is 418 g/mol. The largest absolute Gasteiger partial charge is 0.496 e. The Bertz CT molecular complexity index is 1140. The van der Waals surface area contributed by atoms with Gasteiger partial charge < -0.3 is 24.9 Å². The summed E-state index contributed by atoms with van der Waals surface area (Å²) in [6, 6.07) is 9.91. The normalized spacial score (nSPS) is 19.0. The number of ether oxygens (including phenoxy) is 2. The molecule has 1 saturated heterocycles. The lowest BCUT2D eigenvalue weighted by molar-refractivity contribution is -0.0138. The first-order chi connectivity index (χ1) is 16.0. The smallest absolute Gasteiger partial charge is 0.337 e. The van der Waals surface area contributed by atoms with Crippen molar-refractivity contribution in [2.45, 2.75) is 45.4 Å². The van der Waals surface area contributed by atoms with E-state index in [1.165, 1.54) is 5.39 Å². The van der Waals surface area contributed by atoms with Crippen LogP contribution >= 0.6 is 0 Å². The number of rotatable bonds is 8. The number of carboxylic acid groups (broad SMARTS) is 1. The zero-order chi connectivity index (χ0) is 23.5. The molecule has 7 heteroatoms. The highest BCUT2D eigenvalue weighted by atomic mass is 16.5. The lowest BCUT2D eigenvalue weighted by Crippen LogP contribution is -2.39. The third-order valence-corrected chi connectivity index (χ3v) is 6.69. The van der Waals surface area contributed by atoms with Crippen LogP contribution in [0.15, 0.2) is 36.5 Å². The van der Waals surface area contributed by atoms with Crippen LogP contribution in [0.1, 0.15) is 52.9 Å². The van der Waals surface area contributed by atoms with Crippen molar-refractivity contribution in [1.29, 1.82) is 0 Å². The van der Waals surface area contributed by atoms with Crippen molar-refractivity contribution in [3.8, 4) is 5.75 Å². The number of H-pyrrole nitrogens is 1. The second-order valence-electron chi connectivity index (χ2n) is 8.59. The van der Waals surface area contributed by atoms with Crippen LogP contribution in [0.4, 0.5) is 5.69 Å². The molecule has 1 fully saturated rings. The molecule has 2 atom stereocenters. The number of carboxylic acids is 1. The van der Waals surface area contributed by atoms with Gasteiger partial charge in [-0.1, -0.05) is 6.07 Å². The number of aromatic amines is 1. The number of nitrogens with one attached hydrogen (secondary N) is 2. The van der Waals surface area contributed by atoms with Crippen molar-refractivity contribution < 1.29 is 19.4 Å². The van der Waals surface area contributed by atoms with Crippen LogP contribution < -0.4 is 10.1 Å². The van der Waals surface area contributed by atoms with Crippen LogP contribution in [-0.4, -0.2) is 54.4 Å². The average Bonchev–Trinajstić information content (AvgIpc) is 3.32. The summed E-state index contributed by atoms with van der Waals surface area (Å²) >= 11 is 0. The Labute approximate surface area is 194 Å². The van der Waals surface area contributed by atoms with Crippen molar-refractivity contribution in [3.05, 3.63) is 58.8 Å². The molecule has 0 amide bonds. The predicted molar refractivity (Wildman–Crippen MR) is 130 cm³/mol. The third kappa shape index (κ3) is 4.56. The number of hydrogen-bond acceptors (Lipinski definition) is 5. The molecule has 1 aliphatic heterocycles. The average molecular weight is 452 g/mol. The molecule has 0 radical (unpaired) electrons. The fourth-order valence-corrected chi connectivity index (χ4v) is 5.05. The third-order valence-electron chi connectivity index (χ3n) is 6.69. The van der Waals surface area contributed by atoms with Crippen LogP contribution in [0.25, 0.3) is 10.9 Å². The summed E-state index contributed by atoms with van der Waals surface area (Å²) in [7, 11) is 3.48. The fraction of sp³-hybridized carbons (Fsp3) is 0.423. The lowest BCUT2D eigenvalue weighted by Gasteiger charge is -2.40. The highest BCUT2D eigenvalue weighted by molar-refractivity contribution is 5.94. The van der Waals surface area contributed by atoms with Crippen LogP contribution in [0.5, 0.6) is 5.75 Å². The number of piperidine rings is 1. The van der Waals surface area contributed by atoms with Gasteiger partial charge in [0.25, 0.3) is 0 Å². The number of methoxy groups -OCH3 is 1. The monoisotopic (exact) mass is 451 g/mol. The second kappa shape index (κ2) is 9.85. The highest BCUT2D eigenvalue weighted by Crippen LogP contribution is 2.38. The van der Waals surface area contributed by atoms with Gasteiger partial charge >= 0.3 is 5.97 Å². The van der Waals surface area contributed by atoms with E-state index in [9.17, 15) is 9.90 Å². The number of benzene rings is 2. The van der Waals surface area contributed by atoms with Crippen LogP contribution in [0.3, 0.4) is 0 Å². The number of nitrogens with zero attached hydrogens (tertiary/aromatic N) is 1. The van der Waals surface area contributed by atoms with E-state index in [4.69, 9.17) is 9.47 Å². The molecule has 2 aromatic carbocycles. The molecule has 33 heavy (non-hydrogen) atoms. The van der Waals surface area contributed by atoms with E-state index in [-0.39, 0.29) is 17.7 Å². The molecule has 3 N–H and O–H groups in total. The SMILES string of the molecule is CCO[C@@H]1CCN(Cc2c(OC)cc(C)c3[nH]ccc23)[C@@H](c2ccc(C(=O)O)c(NC)c2)C1. The van der Waals surface area contributed by atoms with E-state index in [0.29, 0.717) is 12.3 Å². The quantitative estimate of drug-likeness (QED) is 0.448. The number of likely N-dealkylation sites (tertiary alicyclic amines) is 1. The molecule has 2 heterocycles. The molecule has 1 aromatic heterocycles. The van der Waals surface area contributed by atoms with Crippen molar-refractivity contribution in [2.75, 3.05) is 32.6 Å². The standard InChI is InChI=1S/C26H33N3O4/c1-5-33-18-9-11-29(15-21-19-8-10-28-25(19)16(2)12-24(21)32-4)23(14-18)17-6-7-20(26(30)31)22(13-17)27-3/h6-8,10,12-13,18,23,27-28H,5,9,11,14-15H2,1-4H3,(H,30,31)/t18-,23-/m1/s1. The van der Waals surface area contributed by atoms with E-state index in [2.05, 4.69) is 34.3 Å². The fourth-order valence-electron chi connectivity index (χ4n) is 5.05. The Morgan fingerprint density at radius 2 is 2.12 bits per heavy atom. The molecule has 1 aliphatic rings. The van der Waals surface area contributed by atoms with Crippen LogP contribution in [-0.2, 0) is 11.3 Å². The molecule has 0 saturated carbocycles. The molecule has 176 valence electrons. The zero-order valence-corrected chi connectivity index (χ0v) is 19.8. The number of aromatic carboxylic acids is 1. The van der Waals surface area contributed by atoms with Gasteiger partial charge in [0.15, 0.2) is 0 Å². The summed E-state index contributed by atoms with van der Waals surface area (Å²) in [5.41, 5.74) is 5.44. The summed E-state index contributed by atoms with van der Waals surface area (Å²) < 4.78 is 11.8. The van der Waals surface area contributed by atoms with E-state index >= 15 is 0 Å². The topological polar surface area (TPSA) is 86.8 Å². The van der Waals surface area contributed by atoms with Crippen molar-refractivity contribution in [2.24, 2.45) is 0 Å². The minimum Gasteiger partial charge on any atom is -0.496 e. The number of aromatic nitrogens is 1. The molecule has 0 aliphatic carbocycles. The Kier molecular flexibility index (Phi) is 6.91. The first-order valence-corrected chi connectivity index (χ1v) is 11.5.